The summed E-state index contributed by atoms with van der Waals surface area (Å²) in [4.78, 5) is 15.7. The van der Waals surface area contributed by atoms with Gasteiger partial charge in [0.15, 0.2) is 9.84 Å². The van der Waals surface area contributed by atoms with E-state index in [0.717, 1.165) is 5.69 Å². The molecule has 1 saturated heterocycles. The van der Waals surface area contributed by atoms with Crippen LogP contribution in [0.15, 0.2) is 18.2 Å². The molecule has 0 bridgehead atoms. The maximum atomic E-state index is 13.3. The van der Waals surface area contributed by atoms with Gasteiger partial charge in [-0.3, -0.25) is 4.79 Å². The van der Waals surface area contributed by atoms with Crippen LogP contribution in [0.1, 0.15) is 13.8 Å². The van der Waals surface area contributed by atoms with E-state index in [2.05, 4.69) is 0 Å². The van der Waals surface area contributed by atoms with E-state index in [0.29, 0.717) is 31.9 Å². The molecule has 0 N–H and O–H groups in total. The van der Waals surface area contributed by atoms with Gasteiger partial charge in [0.2, 0.25) is 5.91 Å². The number of amides is 1. The van der Waals surface area contributed by atoms with Crippen molar-refractivity contribution in [1.82, 2.24) is 4.90 Å². The average Bonchev–Trinajstić information content (AvgIpc) is 2.54. The molecule has 1 aromatic carbocycles. The third-order valence-corrected chi connectivity index (χ3v) is 6.24. The minimum Gasteiger partial charge on any atom is -0.494 e. The molecule has 134 valence electrons. The van der Waals surface area contributed by atoms with Crippen LogP contribution in [0.3, 0.4) is 0 Å². The number of anilines is 1. The van der Waals surface area contributed by atoms with Crippen molar-refractivity contribution in [2.45, 2.75) is 19.1 Å². The fourth-order valence-corrected chi connectivity index (χ4v) is 3.40. The molecule has 8 heteroatoms. The number of hydrogen-bond acceptors (Lipinski definition) is 5. The Labute approximate surface area is 142 Å². The summed E-state index contributed by atoms with van der Waals surface area (Å²) in [5.74, 6) is -0.750. The van der Waals surface area contributed by atoms with E-state index in [1.165, 1.54) is 19.2 Å². The highest BCUT2D eigenvalue weighted by molar-refractivity contribution is 7.92. The largest absolute Gasteiger partial charge is 0.494 e. The minimum absolute atomic E-state index is 0.366. The van der Waals surface area contributed by atoms with E-state index in [-0.39, 0.29) is 11.7 Å². The molecule has 1 amide bonds. The van der Waals surface area contributed by atoms with Crippen LogP contribution in [0.25, 0.3) is 0 Å². The second-order valence-electron chi connectivity index (χ2n) is 6.04. The Morgan fingerprint density at radius 2 is 1.88 bits per heavy atom. The van der Waals surface area contributed by atoms with Crippen molar-refractivity contribution < 1.29 is 22.3 Å². The van der Waals surface area contributed by atoms with Gasteiger partial charge in [-0.15, -0.1) is 0 Å². The number of methoxy groups -OCH3 is 1. The van der Waals surface area contributed by atoms with E-state index in [1.54, 1.807) is 24.8 Å². The van der Waals surface area contributed by atoms with Crippen molar-refractivity contribution in [2.75, 3.05) is 43.9 Å². The zero-order valence-corrected chi connectivity index (χ0v) is 15.0. The Kier molecular flexibility index (Phi) is 5.69. The average molecular weight is 358 g/mol. The topological polar surface area (TPSA) is 66.9 Å². The number of benzene rings is 1. The van der Waals surface area contributed by atoms with E-state index >= 15 is 0 Å². The summed E-state index contributed by atoms with van der Waals surface area (Å²) in [6.45, 7) is 5.06. The second kappa shape index (κ2) is 7.38. The lowest BCUT2D eigenvalue weighted by molar-refractivity contribution is -0.128. The van der Waals surface area contributed by atoms with Crippen LogP contribution in [0, 0.1) is 5.82 Å². The van der Waals surface area contributed by atoms with E-state index < -0.39 is 20.8 Å². The Hall–Kier alpha value is -1.83. The van der Waals surface area contributed by atoms with Crippen molar-refractivity contribution in [3.05, 3.63) is 24.0 Å². The Bertz CT molecular complexity index is 698. The molecular weight excluding hydrogens is 335 g/mol. The number of carbonyl (C=O) groups excluding carboxylic acids is 1. The fraction of sp³-hybridized carbons (Fsp3) is 0.562. The number of halogens is 1. The SMILES string of the molecule is COc1cc(F)ccc1N1CCN(C(=O)CS(=O)(=O)C(C)C)CC1. The Morgan fingerprint density at radius 1 is 1.25 bits per heavy atom. The minimum atomic E-state index is -3.39. The summed E-state index contributed by atoms with van der Waals surface area (Å²) in [6, 6.07) is 4.33. The van der Waals surface area contributed by atoms with Crippen LogP contribution < -0.4 is 9.64 Å². The van der Waals surface area contributed by atoms with E-state index in [9.17, 15) is 17.6 Å². The number of carbonyl (C=O) groups is 1. The first-order valence-electron chi connectivity index (χ1n) is 7.82. The van der Waals surface area contributed by atoms with Crippen LogP contribution in [0.4, 0.5) is 10.1 Å². The van der Waals surface area contributed by atoms with Crippen molar-refractivity contribution in [2.24, 2.45) is 0 Å². The first kappa shape index (κ1) is 18.5. The molecule has 0 spiro atoms. The molecule has 1 aliphatic heterocycles. The quantitative estimate of drug-likeness (QED) is 0.794. The molecule has 0 aliphatic carbocycles. The lowest BCUT2D eigenvalue weighted by Gasteiger charge is -2.36. The van der Waals surface area contributed by atoms with Crippen LogP contribution in [-0.2, 0) is 14.6 Å². The highest BCUT2D eigenvalue weighted by atomic mass is 32.2. The number of hydrogen-bond donors (Lipinski definition) is 0. The Morgan fingerprint density at radius 3 is 2.42 bits per heavy atom. The van der Waals surface area contributed by atoms with Crippen molar-refractivity contribution in [1.29, 1.82) is 0 Å². The van der Waals surface area contributed by atoms with Gasteiger partial charge in [-0.25, -0.2) is 12.8 Å². The van der Waals surface area contributed by atoms with Crippen LogP contribution in [0.5, 0.6) is 5.75 Å². The number of nitrogens with zero attached hydrogens (tertiary/aromatic N) is 2. The van der Waals surface area contributed by atoms with Gasteiger partial charge in [0.1, 0.15) is 17.3 Å². The molecule has 0 radical (unpaired) electrons. The standard InChI is InChI=1S/C16H23FN2O4S/c1-12(2)24(21,22)11-16(20)19-8-6-18(7-9-19)14-5-4-13(17)10-15(14)23-3/h4-5,10,12H,6-9,11H2,1-3H3. The molecule has 0 aromatic heterocycles. The van der Waals surface area contributed by atoms with Gasteiger partial charge < -0.3 is 14.5 Å². The molecule has 6 nitrogen and oxygen atoms in total. The van der Waals surface area contributed by atoms with Crippen molar-refractivity contribution >= 4 is 21.4 Å². The molecule has 1 heterocycles. The van der Waals surface area contributed by atoms with Crippen LogP contribution >= 0.6 is 0 Å². The third kappa shape index (κ3) is 4.17. The smallest absolute Gasteiger partial charge is 0.237 e. The van der Waals surface area contributed by atoms with Crippen molar-refractivity contribution in [3.63, 3.8) is 0 Å². The molecular formula is C16H23FN2O4S. The highest BCUT2D eigenvalue weighted by Crippen LogP contribution is 2.29. The third-order valence-electron chi connectivity index (χ3n) is 4.16. The normalized spacial score (nSPS) is 15.7. The first-order chi connectivity index (χ1) is 11.2. The highest BCUT2D eigenvalue weighted by Gasteiger charge is 2.27. The van der Waals surface area contributed by atoms with Gasteiger partial charge in [0, 0.05) is 32.2 Å². The van der Waals surface area contributed by atoms with Gasteiger partial charge in [-0.1, -0.05) is 0 Å². The first-order valence-corrected chi connectivity index (χ1v) is 9.54. The van der Waals surface area contributed by atoms with Gasteiger partial charge in [0.05, 0.1) is 18.0 Å². The molecule has 1 aliphatic rings. The Balaban J connectivity index is 2.00. The molecule has 0 unspecified atom stereocenters. The van der Waals surface area contributed by atoms with Crippen molar-refractivity contribution in [3.8, 4) is 5.75 Å². The maximum Gasteiger partial charge on any atom is 0.237 e. The number of sulfone groups is 1. The summed E-state index contributed by atoms with van der Waals surface area (Å²) in [7, 11) is -1.91. The molecule has 1 aromatic rings. The zero-order chi connectivity index (χ0) is 17.9. The number of ether oxygens (including phenoxy) is 1. The van der Waals surface area contributed by atoms with Gasteiger partial charge in [-0.05, 0) is 26.0 Å². The summed E-state index contributed by atoms with van der Waals surface area (Å²) in [5.41, 5.74) is 0.765. The maximum absolute atomic E-state index is 13.3. The van der Waals surface area contributed by atoms with Crippen LogP contribution in [-0.4, -0.2) is 63.5 Å². The molecule has 1 fully saturated rings. The monoisotopic (exact) mass is 358 g/mol. The predicted molar refractivity (Wildman–Crippen MR) is 90.7 cm³/mol. The van der Waals surface area contributed by atoms with Gasteiger partial charge in [-0.2, -0.15) is 0 Å². The summed E-state index contributed by atoms with van der Waals surface area (Å²) in [5, 5.41) is -0.564. The molecule has 2 rings (SSSR count). The molecule has 0 atom stereocenters. The van der Waals surface area contributed by atoms with Crippen LogP contribution in [0.2, 0.25) is 0 Å². The summed E-state index contributed by atoms with van der Waals surface area (Å²) < 4.78 is 42.2. The molecule has 24 heavy (non-hydrogen) atoms. The lowest BCUT2D eigenvalue weighted by atomic mass is 10.2. The predicted octanol–water partition coefficient (Wildman–Crippen LogP) is 1.31. The summed E-state index contributed by atoms with van der Waals surface area (Å²) >= 11 is 0. The number of rotatable bonds is 5. The fourth-order valence-electron chi connectivity index (χ4n) is 2.54. The second-order valence-corrected chi connectivity index (χ2v) is 8.60. The molecule has 0 saturated carbocycles. The summed E-state index contributed by atoms with van der Waals surface area (Å²) in [6.07, 6.45) is 0. The van der Waals surface area contributed by atoms with Gasteiger partial charge in [0.25, 0.3) is 0 Å². The number of piperazine rings is 1. The lowest BCUT2D eigenvalue weighted by Crippen LogP contribution is -2.50. The van der Waals surface area contributed by atoms with E-state index in [1.807, 2.05) is 4.90 Å². The zero-order valence-electron chi connectivity index (χ0n) is 14.2. The van der Waals surface area contributed by atoms with Gasteiger partial charge >= 0.3 is 0 Å². The van der Waals surface area contributed by atoms with E-state index in [4.69, 9.17) is 4.74 Å².